The molecule has 8 aromatic rings. The van der Waals surface area contributed by atoms with Crippen LogP contribution in [0, 0.1) is 0 Å². The Bertz CT molecular complexity index is 2580. The van der Waals surface area contributed by atoms with Crippen LogP contribution in [-0.4, -0.2) is 10.6 Å². The van der Waals surface area contributed by atoms with Crippen LogP contribution in [0.3, 0.4) is 0 Å². The highest BCUT2D eigenvalue weighted by molar-refractivity contribution is 6.11. The fourth-order valence-corrected chi connectivity index (χ4v) is 8.04. The smallest absolute Gasteiger partial charge is 0.0633 e. The number of hydrogen-bond donors (Lipinski definition) is 0. The Morgan fingerprint density at radius 3 is 2.06 bits per heavy atom. The zero-order valence-corrected chi connectivity index (χ0v) is 26.4. The van der Waals surface area contributed by atoms with Crippen LogP contribution in [-0.2, 0) is 0 Å². The summed E-state index contributed by atoms with van der Waals surface area (Å²) in [7, 11) is 0. The van der Waals surface area contributed by atoms with Crippen LogP contribution in [0.5, 0.6) is 0 Å². The second-order valence-electron chi connectivity index (χ2n) is 12.9. The Balaban J connectivity index is 1.09. The number of hydrogen-bond acceptors (Lipinski definition) is 1. The van der Waals surface area contributed by atoms with E-state index in [-0.39, 0.29) is 0 Å². The largest absolute Gasteiger partial charge is 0.332 e. The van der Waals surface area contributed by atoms with Crippen LogP contribution in [0.4, 0.5) is 11.4 Å². The molecule has 0 N–H and O–H groups in total. The van der Waals surface area contributed by atoms with Crippen LogP contribution in [0.25, 0.3) is 66.1 Å². The van der Waals surface area contributed by atoms with Gasteiger partial charge in [-0.1, -0.05) is 127 Å². The minimum Gasteiger partial charge on any atom is -0.332 e. The van der Waals surface area contributed by atoms with E-state index in [9.17, 15) is 0 Å². The molecule has 1 aliphatic heterocycles. The number of benzene rings is 7. The number of nitrogens with zero attached hydrogens (tertiary/aromatic N) is 2. The highest BCUT2D eigenvalue weighted by Gasteiger charge is 2.35. The molecule has 7 aromatic carbocycles. The van der Waals surface area contributed by atoms with Crippen molar-refractivity contribution in [3.05, 3.63) is 182 Å². The lowest BCUT2D eigenvalue weighted by Crippen LogP contribution is -2.27. The molecule has 1 aromatic heterocycles. The lowest BCUT2D eigenvalue weighted by atomic mass is 9.93. The van der Waals surface area contributed by atoms with Gasteiger partial charge in [-0.15, -0.1) is 0 Å². The molecule has 0 spiro atoms. The second kappa shape index (κ2) is 10.7. The van der Waals surface area contributed by atoms with E-state index in [2.05, 4.69) is 185 Å². The second-order valence-corrected chi connectivity index (χ2v) is 12.9. The molecule has 0 bridgehead atoms. The summed E-state index contributed by atoms with van der Waals surface area (Å²) < 4.78 is 2.40. The van der Waals surface area contributed by atoms with Gasteiger partial charge in [0, 0.05) is 38.8 Å². The summed E-state index contributed by atoms with van der Waals surface area (Å²) in [5.41, 5.74) is 13.8. The van der Waals surface area contributed by atoms with Crippen LogP contribution >= 0.6 is 0 Å². The van der Waals surface area contributed by atoms with Crippen LogP contribution < -0.4 is 4.90 Å². The maximum absolute atomic E-state index is 2.57. The van der Waals surface area contributed by atoms with Crippen molar-refractivity contribution in [1.82, 2.24) is 4.57 Å². The van der Waals surface area contributed by atoms with Gasteiger partial charge in [0.2, 0.25) is 0 Å². The number of rotatable bonds is 4. The summed E-state index contributed by atoms with van der Waals surface area (Å²) in [6, 6.07) is 58.1. The van der Waals surface area contributed by atoms with Gasteiger partial charge in [0.15, 0.2) is 0 Å². The first-order chi connectivity index (χ1) is 23.8. The van der Waals surface area contributed by atoms with E-state index in [1.807, 2.05) is 0 Å². The Hall–Kier alpha value is -6.12. The Morgan fingerprint density at radius 1 is 0.479 bits per heavy atom. The van der Waals surface area contributed by atoms with Gasteiger partial charge in [-0.2, -0.15) is 0 Å². The highest BCUT2D eigenvalue weighted by atomic mass is 15.2. The van der Waals surface area contributed by atoms with Crippen molar-refractivity contribution in [3.8, 4) is 27.9 Å². The lowest BCUT2D eigenvalue weighted by Gasteiger charge is -2.29. The van der Waals surface area contributed by atoms with Gasteiger partial charge >= 0.3 is 0 Å². The topological polar surface area (TPSA) is 8.17 Å². The molecule has 1 aliphatic carbocycles. The number of anilines is 2. The fraction of sp³-hybridized carbons (Fsp3) is 0.0435. The molecule has 0 radical (unpaired) electrons. The van der Waals surface area contributed by atoms with E-state index in [4.69, 9.17) is 0 Å². The zero-order chi connectivity index (χ0) is 31.6. The normalized spacial score (nSPS) is 15.2. The van der Waals surface area contributed by atoms with E-state index >= 15 is 0 Å². The van der Waals surface area contributed by atoms with Gasteiger partial charge in [-0.05, 0) is 88.2 Å². The molecule has 226 valence electrons. The van der Waals surface area contributed by atoms with Crippen molar-refractivity contribution in [2.75, 3.05) is 4.90 Å². The molecule has 0 saturated heterocycles. The molecule has 0 fully saturated rings. The molecule has 48 heavy (non-hydrogen) atoms. The molecule has 2 heterocycles. The van der Waals surface area contributed by atoms with Crippen LogP contribution in [0.1, 0.15) is 12.0 Å². The average molecular weight is 613 g/mol. The molecular weight excluding hydrogens is 581 g/mol. The molecule has 2 nitrogen and oxygen atoms in total. The van der Waals surface area contributed by atoms with E-state index in [1.165, 1.54) is 83.0 Å². The molecule has 0 amide bonds. The summed E-state index contributed by atoms with van der Waals surface area (Å²) in [4.78, 5) is 2.57. The summed E-state index contributed by atoms with van der Waals surface area (Å²) in [5.74, 6) is 0. The first-order valence-electron chi connectivity index (χ1n) is 16.8. The third-order valence-corrected chi connectivity index (χ3v) is 10.3. The predicted octanol–water partition coefficient (Wildman–Crippen LogP) is 12.1. The van der Waals surface area contributed by atoms with Gasteiger partial charge in [-0.3, -0.25) is 0 Å². The molecule has 1 unspecified atom stereocenters. The van der Waals surface area contributed by atoms with E-state index in [1.54, 1.807) is 0 Å². The van der Waals surface area contributed by atoms with Crippen molar-refractivity contribution in [1.29, 1.82) is 0 Å². The lowest BCUT2D eigenvalue weighted by molar-refractivity contribution is 0.832. The highest BCUT2D eigenvalue weighted by Crippen LogP contribution is 2.50. The Labute approximate surface area is 280 Å². The van der Waals surface area contributed by atoms with Gasteiger partial charge in [0.05, 0.1) is 17.1 Å². The van der Waals surface area contributed by atoms with E-state index < -0.39 is 0 Å². The van der Waals surface area contributed by atoms with Gasteiger partial charge in [0.1, 0.15) is 0 Å². The quantitative estimate of drug-likeness (QED) is 0.192. The first kappa shape index (κ1) is 27.0. The van der Waals surface area contributed by atoms with Crippen molar-refractivity contribution in [3.63, 3.8) is 0 Å². The fourth-order valence-electron chi connectivity index (χ4n) is 8.04. The SMILES string of the molecule is C1=CCC2C(=C1)c1cc(-c3ccc4c(c3)c3ccccc3n4-c3ccc(-c4ccccc4)cc3)ccc1N2c1cccc2ccccc12. The Kier molecular flexibility index (Phi) is 6.04. The minimum atomic E-state index is 0.291. The maximum Gasteiger partial charge on any atom is 0.0633 e. The predicted molar refractivity (Wildman–Crippen MR) is 203 cm³/mol. The molecule has 2 heteroatoms. The van der Waals surface area contributed by atoms with Crippen LogP contribution in [0.15, 0.2) is 176 Å². The van der Waals surface area contributed by atoms with E-state index in [0.717, 1.165) is 6.42 Å². The van der Waals surface area contributed by atoms with Gasteiger partial charge in [-0.25, -0.2) is 0 Å². The summed E-state index contributed by atoms with van der Waals surface area (Å²) in [5, 5.41) is 5.11. The molecule has 0 saturated carbocycles. The zero-order valence-electron chi connectivity index (χ0n) is 26.4. The number of fused-ring (bicyclic) bond motifs is 7. The van der Waals surface area contributed by atoms with Gasteiger partial charge < -0.3 is 9.47 Å². The number of para-hydroxylation sites is 1. The first-order valence-corrected chi connectivity index (χ1v) is 16.8. The van der Waals surface area contributed by atoms with Gasteiger partial charge in [0.25, 0.3) is 0 Å². The summed E-state index contributed by atoms with van der Waals surface area (Å²) >= 11 is 0. The molecule has 10 rings (SSSR count). The number of aromatic nitrogens is 1. The third kappa shape index (κ3) is 4.13. The monoisotopic (exact) mass is 612 g/mol. The average Bonchev–Trinajstić information content (AvgIpc) is 3.67. The van der Waals surface area contributed by atoms with Crippen molar-refractivity contribution < 1.29 is 0 Å². The standard InChI is InChI=1S/C46H32N2/c1-2-11-31(12-3-1)32-21-25-36(26-22-32)47-43-18-8-6-16-38(43)40-29-34(23-27-45(40)47)35-24-28-46-41(30-35)39-17-7-9-19-44(39)48(46)42-20-10-14-33-13-4-5-15-37(33)42/h1-18,20-30,44H,19H2. The van der Waals surface area contributed by atoms with E-state index in [0.29, 0.717) is 6.04 Å². The summed E-state index contributed by atoms with van der Waals surface area (Å²) in [6.45, 7) is 0. The van der Waals surface area contributed by atoms with Crippen molar-refractivity contribution in [2.45, 2.75) is 12.5 Å². The molecule has 1 atom stereocenters. The molecular formula is C46H32N2. The Morgan fingerprint density at radius 2 is 1.17 bits per heavy atom. The minimum absolute atomic E-state index is 0.291. The summed E-state index contributed by atoms with van der Waals surface area (Å²) in [6.07, 6.45) is 7.85. The molecule has 2 aliphatic rings. The van der Waals surface area contributed by atoms with Crippen LogP contribution in [0.2, 0.25) is 0 Å². The van der Waals surface area contributed by atoms with Crippen molar-refractivity contribution >= 4 is 49.5 Å². The third-order valence-electron chi connectivity index (χ3n) is 10.3. The maximum atomic E-state index is 2.57. The van der Waals surface area contributed by atoms with Crippen molar-refractivity contribution in [2.24, 2.45) is 0 Å². The number of allylic oxidation sites excluding steroid dienone is 2.